The molecule has 0 N–H and O–H groups in total. The van der Waals surface area contributed by atoms with Gasteiger partial charge in [-0.1, -0.05) is 52.4 Å². The molecule has 0 aliphatic heterocycles. The Morgan fingerprint density at radius 2 is 1.08 bits per heavy atom. The predicted octanol–water partition coefficient (Wildman–Crippen LogP) is 3.31. The molecule has 144 valence electrons. The maximum absolute atomic E-state index is 10.7. The third kappa shape index (κ3) is 39.4. The van der Waals surface area contributed by atoms with E-state index in [2.05, 4.69) is 62.0 Å². The Hall–Kier alpha value is 2.33. The van der Waals surface area contributed by atoms with Crippen molar-refractivity contribution in [1.82, 2.24) is 0 Å². The number of hydrogen-bond acceptors (Lipinski definition) is 9. The van der Waals surface area contributed by atoms with E-state index in [4.69, 9.17) is 12.4 Å². The van der Waals surface area contributed by atoms with E-state index in [-0.39, 0.29) is 0 Å². The van der Waals surface area contributed by atoms with Gasteiger partial charge >= 0.3 is 23.2 Å². The zero-order valence-corrected chi connectivity index (χ0v) is 21.1. The third-order valence-corrected chi connectivity index (χ3v) is 4.76. The summed E-state index contributed by atoms with van der Waals surface area (Å²) in [4.78, 5) is 21.3. The summed E-state index contributed by atoms with van der Waals surface area (Å²) >= 11 is 18.3. The van der Waals surface area contributed by atoms with Crippen LogP contribution in [0.5, 0.6) is 0 Å². The SMILES string of the molecule is CCCCCCOP([O-])(=S)[S-].CCCCCCOP([O-])(=S)[S-].[O]=[Mo+4]. The summed E-state index contributed by atoms with van der Waals surface area (Å²) in [6, 6.07) is 0. The number of rotatable bonds is 12. The first kappa shape index (κ1) is 31.0. The Labute approximate surface area is 178 Å². The van der Waals surface area contributed by atoms with Gasteiger partial charge in [-0.2, -0.15) is 0 Å². The Morgan fingerprint density at radius 1 is 0.792 bits per heavy atom. The molecule has 0 aliphatic carbocycles. The molecule has 0 rings (SSSR count). The van der Waals surface area contributed by atoms with Gasteiger partial charge in [-0.25, -0.2) is 0 Å². The van der Waals surface area contributed by atoms with Crippen LogP contribution in [0.2, 0.25) is 0 Å². The van der Waals surface area contributed by atoms with E-state index in [1.807, 2.05) is 0 Å². The van der Waals surface area contributed by atoms with Crippen molar-refractivity contribution >= 4 is 59.5 Å². The van der Waals surface area contributed by atoms with E-state index in [1.165, 1.54) is 25.7 Å². The fourth-order valence-electron chi connectivity index (χ4n) is 1.41. The van der Waals surface area contributed by atoms with E-state index in [9.17, 15) is 9.79 Å². The zero-order chi connectivity index (χ0) is 19.5. The molecule has 0 saturated carbocycles. The molecule has 0 aliphatic rings. The number of unbranched alkanes of at least 4 members (excludes halogenated alkanes) is 6. The van der Waals surface area contributed by atoms with Crippen molar-refractivity contribution in [3.8, 4) is 0 Å². The molecule has 0 saturated heterocycles. The van der Waals surface area contributed by atoms with Crippen LogP contribution in [0.25, 0.3) is 0 Å². The van der Waals surface area contributed by atoms with Crippen molar-refractivity contribution in [2.24, 2.45) is 0 Å². The minimum absolute atomic E-state index is 0.449. The monoisotopic (exact) mass is 538 g/mol. The van der Waals surface area contributed by atoms with Crippen LogP contribution in [-0.2, 0) is 80.3 Å². The van der Waals surface area contributed by atoms with Crippen molar-refractivity contribution < 1.29 is 42.0 Å². The van der Waals surface area contributed by atoms with Crippen LogP contribution < -0.4 is 9.79 Å². The molecule has 0 aromatic heterocycles. The van der Waals surface area contributed by atoms with Crippen LogP contribution in [-0.4, -0.2) is 13.2 Å². The van der Waals surface area contributed by atoms with Gasteiger partial charge in [-0.05, 0) is 12.8 Å². The fourth-order valence-corrected chi connectivity index (χ4v) is 3.01. The Balaban J connectivity index is -0.000000333. The summed E-state index contributed by atoms with van der Waals surface area (Å²) in [5.41, 5.74) is -6.10. The first-order valence-corrected chi connectivity index (χ1v) is 15.7. The van der Waals surface area contributed by atoms with Crippen LogP contribution in [0.4, 0.5) is 0 Å². The zero-order valence-electron chi connectivity index (χ0n) is 14.0. The average Bonchev–Trinajstić information content (AvgIpc) is 2.47. The standard InChI is InChI=1S/2C6H15O2PS2.Mo.O/c2*1-2-3-4-5-6-8-9(7,10)11;;/h2*2-6H2,1H3,(H2,7,10,11);;/q;;+4;/p-4. The quantitative estimate of drug-likeness (QED) is 0.162. The summed E-state index contributed by atoms with van der Waals surface area (Å²) in [5, 5.41) is 0. The van der Waals surface area contributed by atoms with Gasteiger partial charge in [0.1, 0.15) is 0 Å². The third-order valence-electron chi connectivity index (χ3n) is 2.49. The molecule has 2 atom stereocenters. The van der Waals surface area contributed by atoms with Gasteiger partial charge in [-0.15, -0.1) is 35.0 Å². The van der Waals surface area contributed by atoms with Crippen LogP contribution in [0.1, 0.15) is 65.2 Å². The van der Waals surface area contributed by atoms with Gasteiger partial charge in [0.15, 0.2) is 0 Å². The number of hydrogen-bond donors (Lipinski definition) is 0. The van der Waals surface area contributed by atoms with Gasteiger partial charge < -0.3 is 43.3 Å². The van der Waals surface area contributed by atoms with Crippen LogP contribution in [0.15, 0.2) is 0 Å². The van der Waals surface area contributed by atoms with Crippen molar-refractivity contribution in [3.63, 3.8) is 0 Å². The van der Waals surface area contributed by atoms with Crippen molar-refractivity contribution in [2.45, 2.75) is 65.2 Å². The summed E-state index contributed by atoms with van der Waals surface area (Å²) in [6.07, 6.45) is 8.74. The molecule has 12 heteroatoms. The molecule has 5 nitrogen and oxygen atoms in total. The average molecular weight is 536 g/mol. The molecular weight excluding hydrogens is 510 g/mol. The van der Waals surface area contributed by atoms with E-state index in [0.29, 0.717) is 33.0 Å². The topological polar surface area (TPSA) is 81.7 Å². The summed E-state index contributed by atoms with van der Waals surface area (Å²) in [7, 11) is 0. The van der Waals surface area contributed by atoms with Crippen molar-refractivity contribution in [3.05, 3.63) is 0 Å². The van der Waals surface area contributed by atoms with Crippen LogP contribution >= 0.6 is 11.4 Å². The second-order valence-corrected chi connectivity index (χ2v) is 14.1. The normalized spacial score (nSPS) is 15.2. The summed E-state index contributed by atoms with van der Waals surface area (Å²) < 4.78 is 17.8. The van der Waals surface area contributed by atoms with Gasteiger partial charge in [0.05, 0.1) is 0 Å². The van der Waals surface area contributed by atoms with Gasteiger partial charge in [0.25, 0.3) is 0 Å². The molecular formula is C12H26MoO5P2S4. The van der Waals surface area contributed by atoms with Crippen LogP contribution in [0.3, 0.4) is 0 Å². The van der Waals surface area contributed by atoms with Gasteiger partial charge in [-0.3, -0.25) is 0 Å². The molecule has 0 aromatic rings. The van der Waals surface area contributed by atoms with E-state index in [1.54, 1.807) is 0 Å². The van der Waals surface area contributed by atoms with E-state index in [0.717, 1.165) is 25.7 Å². The Morgan fingerprint density at radius 3 is 1.29 bits per heavy atom. The summed E-state index contributed by atoms with van der Waals surface area (Å²) in [6.45, 7) is 5.16. The van der Waals surface area contributed by atoms with Crippen LogP contribution in [0, 0.1) is 0 Å². The van der Waals surface area contributed by atoms with E-state index < -0.39 is 11.4 Å². The van der Waals surface area contributed by atoms with Gasteiger partial charge in [0.2, 0.25) is 0 Å². The fraction of sp³-hybridized carbons (Fsp3) is 1.00. The van der Waals surface area contributed by atoms with E-state index >= 15 is 0 Å². The Kier molecular flexibility index (Phi) is 28.0. The molecule has 0 spiro atoms. The molecule has 0 fully saturated rings. The first-order valence-electron chi connectivity index (χ1n) is 7.62. The van der Waals surface area contributed by atoms with Crippen molar-refractivity contribution in [1.29, 1.82) is 0 Å². The molecule has 0 bridgehead atoms. The molecule has 0 amide bonds. The predicted molar refractivity (Wildman–Crippen MR) is 104 cm³/mol. The Bertz CT molecular complexity index is 322. The molecule has 0 heterocycles. The first-order chi connectivity index (χ1) is 11.1. The second kappa shape index (κ2) is 21.6. The summed E-state index contributed by atoms with van der Waals surface area (Å²) in [5.74, 6) is 0. The maximum atomic E-state index is 10.7. The molecule has 0 radical (unpaired) electrons. The molecule has 2 unspecified atom stereocenters. The molecule has 24 heavy (non-hydrogen) atoms. The molecule has 0 aromatic carbocycles. The minimum atomic E-state index is -3.05. The van der Waals surface area contributed by atoms with Gasteiger partial charge in [0, 0.05) is 13.2 Å². The van der Waals surface area contributed by atoms with Crippen molar-refractivity contribution in [2.75, 3.05) is 13.2 Å². The second-order valence-electron chi connectivity index (χ2n) is 4.68.